The molecule has 3 aromatic carbocycles. The van der Waals surface area contributed by atoms with Gasteiger partial charge in [0.05, 0.1) is 31.1 Å². The van der Waals surface area contributed by atoms with Crippen molar-refractivity contribution in [1.82, 2.24) is 9.55 Å². The van der Waals surface area contributed by atoms with Gasteiger partial charge >= 0.3 is 0 Å². The minimum Gasteiger partial charge on any atom is -0.512 e. The van der Waals surface area contributed by atoms with Crippen LogP contribution in [0.25, 0.3) is 5.57 Å². The Kier molecular flexibility index (Phi) is 8.01. The Morgan fingerprint density at radius 2 is 1.49 bits per heavy atom. The molecule has 1 N–H and O–H groups in total. The second-order valence-corrected chi connectivity index (χ2v) is 11.3. The van der Waals surface area contributed by atoms with Crippen molar-refractivity contribution in [3.63, 3.8) is 0 Å². The number of benzene rings is 3. The largest absolute Gasteiger partial charge is 0.512 e. The maximum Gasteiger partial charge on any atom is 0.142 e. The van der Waals surface area contributed by atoms with E-state index in [2.05, 4.69) is 73.9 Å². The van der Waals surface area contributed by atoms with Crippen LogP contribution in [0.4, 0.5) is 0 Å². The highest BCUT2D eigenvalue weighted by atomic mass is 16.5. The molecule has 5 rings (SSSR count). The van der Waals surface area contributed by atoms with Crippen molar-refractivity contribution in [3.05, 3.63) is 131 Å². The zero-order valence-corrected chi connectivity index (χ0v) is 23.1. The van der Waals surface area contributed by atoms with Crippen LogP contribution < -0.4 is 0 Å². The zero-order chi connectivity index (χ0) is 27.3. The molecule has 0 spiro atoms. The summed E-state index contributed by atoms with van der Waals surface area (Å²) < 4.78 is 14.8. The lowest BCUT2D eigenvalue weighted by Gasteiger charge is -2.39. The van der Waals surface area contributed by atoms with Gasteiger partial charge in [0.1, 0.15) is 17.2 Å². The standard InChI is InChI=1S/C34H38N2O3/c1-33(2,3)36-22-29(24-38-23-27-15-9-5-10-16-27)35-32(36)30-25-39-34(21-31(30)37,28-17-11-6-12-18-28)20-19-26-13-7-4-8-14-26/h4-18,22,37H,19-21,23-25H2,1-3H3. The highest BCUT2D eigenvalue weighted by Gasteiger charge is 2.40. The first kappa shape index (κ1) is 26.9. The Morgan fingerprint density at radius 3 is 2.10 bits per heavy atom. The van der Waals surface area contributed by atoms with Gasteiger partial charge in [-0.05, 0) is 50.3 Å². The lowest BCUT2D eigenvalue weighted by molar-refractivity contribution is -0.0564. The number of aromatic nitrogens is 2. The summed E-state index contributed by atoms with van der Waals surface area (Å²) in [5.41, 5.74) is 4.21. The van der Waals surface area contributed by atoms with E-state index in [0.717, 1.165) is 41.1 Å². The van der Waals surface area contributed by atoms with E-state index in [0.29, 0.717) is 25.4 Å². The van der Waals surface area contributed by atoms with Gasteiger partial charge in [-0.25, -0.2) is 4.98 Å². The topological polar surface area (TPSA) is 56.5 Å². The molecule has 0 radical (unpaired) electrons. The van der Waals surface area contributed by atoms with Crippen molar-refractivity contribution < 1.29 is 14.6 Å². The van der Waals surface area contributed by atoms with Gasteiger partial charge < -0.3 is 19.1 Å². The molecule has 4 aromatic rings. The lowest BCUT2D eigenvalue weighted by Crippen LogP contribution is -2.36. The molecule has 39 heavy (non-hydrogen) atoms. The molecule has 5 heteroatoms. The summed E-state index contributed by atoms with van der Waals surface area (Å²) in [7, 11) is 0. The molecule has 2 heterocycles. The van der Waals surface area contributed by atoms with E-state index in [1.807, 2.05) is 48.7 Å². The number of aryl methyl sites for hydroxylation is 1. The smallest absolute Gasteiger partial charge is 0.142 e. The van der Waals surface area contributed by atoms with E-state index in [4.69, 9.17) is 14.5 Å². The van der Waals surface area contributed by atoms with Crippen molar-refractivity contribution in [2.24, 2.45) is 0 Å². The predicted octanol–water partition coefficient (Wildman–Crippen LogP) is 7.57. The Morgan fingerprint density at radius 1 is 0.872 bits per heavy atom. The van der Waals surface area contributed by atoms with Crippen molar-refractivity contribution in [2.75, 3.05) is 6.61 Å². The molecule has 0 bridgehead atoms. The summed E-state index contributed by atoms with van der Waals surface area (Å²) in [6.45, 7) is 7.63. The zero-order valence-electron chi connectivity index (χ0n) is 23.1. The third-order valence-electron chi connectivity index (χ3n) is 7.36. The van der Waals surface area contributed by atoms with Crippen molar-refractivity contribution >= 4 is 5.57 Å². The van der Waals surface area contributed by atoms with Gasteiger partial charge in [0.15, 0.2) is 0 Å². The summed E-state index contributed by atoms with van der Waals surface area (Å²) in [6, 6.07) is 30.9. The molecule has 0 saturated heterocycles. The molecule has 202 valence electrons. The van der Waals surface area contributed by atoms with Crippen molar-refractivity contribution in [2.45, 2.75) is 64.4 Å². The van der Waals surface area contributed by atoms with Crippen molar-refractivity contribution in [3.8, 4) is 0 Å². The van der Waals surface area contributed by atoms with Crippen LogP contribution in [0.5, 0.6) is 0 Å². The van der Waals surface area contributed by atoms with Crippen LogP contribution in [0.1, 0.15) is 61.8 Å². The van der Waals surface area contributed by atoms with Crippen molar-refractivity contribution in [1.29, 1.82) is 0 Å². The van der Waals surface area contributed by atoms with Gasteiger partial charge in [-0.15, -0.1) is 0 Å². The normalized spacial score (nSPS) is 17.9. The third kappa shape index (κ3) is 6.32. The summed E-state index contributed by atoms with van der Waals surface area (Å²) in [4.78, 5) is 4.94. The van der Waals surface area contributed by atoms with Gasteiger partial charge in [0.25, 0.3) is 0 Å². The molecule has 0 amide bonds. The number of imidazole rings is 1. The second kappa shape index (κ2) is 11.6. The molecule has 1 atom stereocenters. The predicted molar refractivity (Wildman–Crippen MR) is 155 cm³/mol. The Labute approximate surface area is 231 Å². The van der Waals surface area contributed by atoms with Gasteiger partial charge in [-0.2, -0.15) is 0 Å². The highest BCUT2D eigenvalue weighted by molar-refractivity contribution is 5.65. The molecule has 0 fully saturated rings. The minimum absolute atomic E-state index is 0.228. The molecule has 1 aliphatic rings. The van der Waals surface area contributed by atoms with E-state index in [9.17, 15) is 5.11 Å². The third-order valence-corrected chi connectivity index (χ3v) is 7.36. The Bertz CT molecular complexity index is 1390. The van der Waals surface area contributed by atoms with E-state index < -0.39 is 5.60 Å². The average Bonchev–Trinajstić information content (AvgIpc) is 3.38. The Balaban J connectivity index is 1.41. The fourth-order valence-corrected chi connectivity index (χ4v) is 5.21. The Hall–Kier alpha value is -3.67. The summed E-state index contributed by atoms with van der Waals surface area (Å²) in [6.07, 6.45) is 4.06. The fourth-order valence-electron chi connectivity index (χ4n) is 5.21. The van der Waals surface area contributed by atoms with Gasteiger partial charge in [0.2, 0.25) is 0 Å². The second-order valence-electron chi connectivity index (χ2n) is 11.3. The molecule has 1 aromatic heterocycles. The lowest BCUT2D eigenvalue weighted by atomic mass is 9.81. The van der Waals surface area contributed by atoms with Gasteiger partial charge in [-0.1, -0.05) is 91.0 Å². The van der Waals surface area contributed by atoms with Crippen LogP contribution in [-0.4, -0.2) is 21.3 Å². The summed E-state index contributed by atoms with van der Waals surface area (Å²) in [5, 5.41) is 11.6. The van der Waals surface area contributed by atoms with Gasteiger partial charge in [-0.3, -0.25) is 0 Å². The molecule has 1 unspecified atom stereocenters. The fraction of sp³-hybridized carbons (Fsp3) is 0.324. The maximum atomic E-state index is 11.6. The molecule has 0 aliphatic carbocycles. The number of aliphatic hydroxyl groups excluding tert-OH is 1. The number of nitrogens with zero attached hydrogens (tertiary/aromatic N) is 2. The molecule has 1 aliphatic heterocycles. The number of hydrogen-bond acceptors (Lipinski definition) is 4. The average molecular weight is 523 g/mol. The number of ether oxygens (including phenoxy) is 2. The highest BCUT2D eigenvalue weighted by Crippen LogP contribution is 2.43. The molecular formula is C34H38N2O3. The van der Waals surface area contributed by atoms with Crippen LogP contribution in [0.2, 0.25) is 0 Å². The van der Waals surface area contributed by atoms with Crippen LogP contribution in [0, 0.1) is 0 Å². The van der Waals surface area contributed by atoms with E-state index >= 15 is 0 Å². The minimum atomic E-state index is -0.606. The number of rotatable bonds is 9. The van der Waals surface area contributed by atoms with E-state index in [1.165, 1.54) is 5.56 Å². The first-order valence-corrected chi connectivity index (χ1v) is 13.7. The van der Waals surface area contributed by atoms with Crippen LogP contribution >= 0.6 is 0 Å². The maximum absolute atomic E-state index is 11.6. The van der Waals surface area contributed by atoms with Gasteiger partial charge in [0, 0.05) is 18.2 Å². The molecule has 0 saturated carbocycles. The number of hydrogen-bond donors (Lipinski definition) is 1. The first-order chi connectivity index (χ1) is 18.8. The van der Waals surface area contributed by atoms with Crippen LogP contribution in [-0.2, 0) is 40.2 Å². The molecular weight excluding hydrogens is 484 g/mol. The van der Waals surface area contributed by atoms with E-state index in [1.54, 1.807) is 0 Å². The van der Waals surface area contributed by atoms with Crippen LogP contribution in [0.15, 0.2) is 103 Å². The number of aliphatic hydroxyl groups is 1. The van der Waals surface area contributed by atoms with Crippen LogP contribution in [0.3, 0.4) is 0 Å². The monoisotopic (exact) mass is 522 g/mol. The van der Waals surface area contributed by atoms with E-state index in [-0.39, 0.29) is 12.1 Å². The summed E-state index contributed by atoms with van der Waals surface area (Å²) in [5.74, 6) is 1.08. The quantitative estimate of drug-likeness (QED) is 0.246. The SMILES string of the molecule is CC(C)(C)n1cc(COCc2ccccc2)nc1C1=C(O)CC(CCc2ccccc2)(c2ccccc2)OC1. The first-order valence-electron chi connectivity index (χ1n) is 13.7. The summed E-state index contributed by atoms with van der Waals surface area (Å²) >= 11 is 0. The molecule has 5 nitrogen and oxygen atoms in total.